The highest BCUT2D eigenvalue weighted by atomic mass is 32.1. The van der Waals surface area contributed by atoms with Crippen molar-refractivity contribution < 1.29 is 9.53 Å². The summed E-state index contributed by atoms with van der Waals surface area (Å²) in [5.74, 6) is 0.876. The first kappa shape index (κ1) is 13.4. The van der Waals surface area contributed by atoms with Gasteiger partial charge in [-0.1, -0.05) is 13.0 Å². The van der Waals surface area contributed by atoms with Crippen molar-refractivity contribution in [1.29, 1.82) is 0 Å². The minimum Gasteiger partial charge on any atom is -0.485 e. The maximum absolute atomic E-state index is 12.1. The SMILES string of the molecule is CCc1ccc(C(=O)COc2ccc3c(c2)CCC3)s1. The molecular weight excluding hydrogens is 268 g/mol. The Morgan fingerprint density at radius 1 is 1.20 bits per heavy atom. The molecule has 0 fully saturated rings. The smallest absolute Gasteiger partial charge is 0.210 e. The fraction of sp³-hybridized carbons (Fsp3) is 0.353. The second kappa shape index (κ2) is 5.80. The van der Waals surface area contributed by atoms with Crippen LogP contribution >= 0.6 is 11.3 Å². The zero-order valence-electron chi connectivity index (χ0n) is 11.6. The van der Waals surface area contributed by atoms with Gasteiger partial charge < -0.3 is 4.74 Å². The normalized spacial score (nSPS) is 13.2. The van der Waals surface area contributed by atoms with Gasteiger partial charge in [0.1, 0.15) is 5.75 Å². The van der Waals surface area contributed by atoms with Gasteiger partial charge in [-0.3, -0.25) is 4.79 Å². The van der Waals surface area contributed by atoms with Gasteiger partial charge in [0.15, 0.2) is 6.61 Å². The molecule has 0 bridgehead atoms. The summed E-state index contributed by atoms with van der Waals surface area (Å²) in [5, 5.41) is 0. The number of carbonyl (C=O) groups is 1. The van der Waals surface area contributed by atoms with Gasteiger partial charge in [-0.05, 0) is 61.1 Å². The predicted octanol–water partition coefficient (Wildman–Crippen LogP) is 4.06. The molecule has 104 valence electrons. The number of aryl methyl sites for hydroxylation is 3. The number of benzene rings is 1. The molecule has 1 aliphatic carbocycles. The van der Waals surface area contributed by atoms with E-state index in [9.17, 15) is 4.79 Å². The highest BCUT2D eigenvalue weighted by Gasteiger charge is 2.13. The molecule has 3 rings (SSSR count). The third kappa shape index (κ3) is 2.78. The van der Waals surface area contributed by atoms with E-state index >= 15 is 0 Å². The molecule has 1 aromatic heterocycles. The maximum Gasteiger partial charge on any atom is 0.210 e. The summed E-state index contributed by atoms with van der Waals surface area (Å²) >= 11 is 1.57. The Bertz CT molecular complexity index is 628. The molecule has 0 N–H and O–H groups in total. The summed E-state index contributed by atoms with van der Waals surface area (Å²) < 4.78 is 5.65. The first-order valence-corrected chi connectivity index (χ1v) is 7.94. The molecule has 0 radical (unpaired) electrons. The summed E-state index contributed by atoms with van der Waals surface area (Å²) in [6.07, 6.45) is 4.51. The fourth-order valence-electron chi connectivity index (χ4n) is 2.58. The standard InChI is InChI=1S/C17H18O2S/c1-2-15-8-9-17(20-15)16(18)11-19-14-7-6-12-4-3-5-13(12)10-14/h6-10H,2-5,11H2,1H3. The van der Waals surface area contributed by atoms with Gasteiger partial charge in [0.2, 0.25) is 5.78 Å². The quantitative estimate of drug-likeness (QED) is 0.775. The molecule has 2 nitrogen and oxygen atoms in total. The minimum absolute atomic E-state index is 0.0650. The Kier molecular flexibility index (Phi) is 3.88. The lowest BCUT2D eigenvalue weighted by molar-refractivity contribution is 0.0925. The largest absolute Gasteiger partial charge is 0.485 e. The molecule has 0 aliphatic heterocycles. The summed E-state index contributed by atoms with van der Waals surface area (Å²) in [4.78, 5) is 14.1. The lowest BCUT2D eigenvalue weighted by Crippen LogP contribution is -2.10. The summed E-state index contributed by atoms with van der Waals surface area (Å²) in [6, 6.07) is 10.1. The molecule has 0 amide bonds. The maximum atomic E-state index is 12.1. The van der Waals surface area contributed by atoms with Crippen LogP contribution < -0.4 is 4.74 Å². The van der Waals surface area contributed by atoms with Crippen LogP contribution in [0, 0.1) is 0 Å². The first-order chi connectivity index (χ1) is 9.76. The Labute approximate surface area is 123 Å². The predicted molar refractivity (Wildman–Crippen MR) is 82.0 cm³/mol. The molecular formula is C17H18O2S. The number of rotatable bonds is 5. The van der Waals surface area contributed by atoms with Gasteiger partial charge in [0.05, 0.1) is 4.88 Å². The van der Waals surface area contributed by atoms with E-state index in [1.54, 1.807) is 11.3 Å². The number of Topliss-reactive ketones (excluding diaryl/α,β-unsaturated/α-hetero) is 1. The lowest BCUT2D eigenvalue weighted by atomic mass is 10.1. The van der Waals surface area contributed by atoms with E-state index in [0.29, 0.717) is 0 Å². The zero-order valence-corrected chi connectivity index (χ0v) is 12.5. The average molecular weight is 286 g/mol. The summed E-state index contributed by atoms with van der Waals surface area (Å²) in [6.45, 7) is 2.23. The van der Waals surface area contributed by atoms with Crippen molar-refractivity contribution in [2.45, 2.75) is 32.6 Å². The molecule has 0 atom stereocenters. The van der Waals surface area contributed by atoms with Gasteiger partial charge in [0.25, 0.3) is 0 Å². The summed E-state index contributed by atoms with van der Waals surface area (Å²) in [5.41, 5.74) is 2.80. The van der Waals surface area contributed by atoms with E-state index < -0.39 is 0 Å². The third-order valence-electron chi connectivity index (χ3n) is 3.72. The van der Waals surface area contributed by atoms with Crippen LogP contribution in [0.2, 0.25) is 0 Å². The number of carbonyl (C=O) groups excluding carboxylic acids is 1. The molecule has 2 aromatic rings. The number of ketones is 1. The van der Waals surface area contributed by atoms with Gasteiger partial charge >= 0.3 is 0 Å². The number of ether oxygens (including phenoxy) is 1. The van der Waals surface area contributed by atoms with Crippen molar-refractivity contribution in [2.24, 2.45) is 0 Å². The molecule has 0 spiro atoms. The van der Waals surface area contributed by atoms with E-state index in [0.717, 1.165) is 23.5 Å². The zero-order chi connectivity index (χ0) is 13.9. The van der Waals surface area contributed by atoms with Crippen LogP contribution in [0.15, 0.2) is 30.3 Å². The van der Waals surface area contributed by atoms with Crippen LogP contribution in [-0.2, 0) is 19.3 Å². The van der Waals surface area contributed by atoms with Crippen LogP contribution in [-0.4, -0.2) is 12.4 Å². The second-order valence-corrected chi connectivity index (χ2v) is 6.28. The van der Waals surface area contributed by atoms with Crippen LogP contribution in [0.1, 0.15) is 39.0 Å². The van der Waals surface area contributed by atoms with E-state index in [-0.39, 0.29) is 12.4 Å². The van der Waals surface area contributed by atoms with E-state index in [1.807, 2.05) is 18.2 Å². The Morgan fingerprint density at radius 2 is 2.05 bits per heavy atom. The van der Waals surface area contributed by atoms with Crippen molar-refractivity contribution in [3.63, 3.8) is 0 Å². The molecule has 0 unspecified atom stereocenters. The first-order valence-electron chi connectivity index (χ1n) is 7.13. The summed E-state index contributed by atoms with van der Waals surface area (Å²) in [7, 11) is 0. The van der Waals surface area contributed by atoms with E-state index in [2.05, 4.69) is 19.1 Å². The molecule has 1 aromatic carbocycles. The van der Waals surface area contributed by atoms with Crippen molar-refractivity contribution in [3.8, 4) is 5.75 Å². The minimum atomic E-state index is 0.0650. The molecule has 1 heterocycles. The second-order valence-electron chi connectivity index (χ2n) is 5.12. The Hall–Kier alpha value is -1.61. The van der Waals surface area contributed by atoms with Crippen LogP contribution in [0.4, 0.5) is 0 Å². The lowest BCUT2D eigenvalue weighted by Gasteiger charge is -2.07. The van der Waals surface area contributed by atoms with Crippen LogP contribution in [0.25, 0.3) is 0 Å². The highest BCUT2D eigenvalue weighted by molar-refractivity contribution is 7.14. The molecule has 0 saturated heterocycles. The van der Waals surface area contributed by atoms with Gasteiger partial charge in [-0.25, -0.2) is 0 Å². The molecule has 20 heavy (non-hydrogen) atoms. The molecule has 1 aliphatic rings. The third-order valence-corrected chi connectivity index (χ3v) is 5.00. The van der Waals surface area contributed by atoms with Crippen molar-refractivity contribution in [2.75, 3.05) is 6.61 Å². The van der Waals surface area contributed by atoms with Crippen molar-refractivity contribution in [3.05, 3.63) is 51.2 Å². The molecule has 0 saturated carbocycles. The van der Waals surface area contributed by atoms with Crippen molar-refractivity contribution >= 4 is 17.1 Å². The number of thiophene rings is 1. The fourth-order valence-corrected chi connectivity index (χ4v) is 3.45. The van der Waals surface area contributed by atoms with Crippen molar-refractivity contribution in [1.82, 2.24) is 0 Å². The van der Waals surface area contributed by atoms with Gasteiger partial charge in [-0.2, -0.15) is 0 Å². The number of fused-ring (bicyclic) bond motifs is 1. The topological polar surface area (TPSA) is 26.3 Å². The van der Waals surface area contributed by atoms with Crippen LogP contribution in [0.3, 0.4) is 0 Å². The molecule has 3 heteroatoms. The van der Waals surface area contributed by atoms with Gasteiger partial charge in [-0.15, -0.1) is 11.3 Å². The average Bonchev–Trinajstić information content (AvgIpc) is 3.12. The Morgan fingerprint density at radius 3 is 2.85 bits per heavy atom. The van der Waals surface area contributed by atoms with Crippen LogP contribution in [0.5, 0.6) is 5.75 Å². The number of hydrogen-bond acceptors (Lipinski definition) is 3. The number of hydrogen-bond donors (Lipinski definition) is 0. The van der Waals surface area contributed by atoms with E-state index in [1.165, 1.54) is 28.8 Å². The monoisotopic (exact) mass is 286 g/mol. The van der Waals surface area contributed by atoms with Gasteiger partial charge in [0, 0.05) is 4.88 Å². The van der Waals surface area contributed by atoms with E-state index in [4.69, 9.17) is 4.74 Å². The Balaban J connectivity index is 1.63. The highest BCUT2D eigenvalue weighted by Crippen LogP contribution is 2.26.